The predicted molar refractivity (Wildman–Crippen MR) is 175 cm³/mol. The highest BCUT2D eigenvalue weighted by Gasteiger charge is 2.35. The number of aryl methyl sites for hydroxylation is 2. The Morgan fingerprint density at radius 1 is 0.791 bits per heavy atom. The van der Waals surface area contributed by atoms with Crippen LogP contribution in [0.3, 0.4) is 0 Å². The minimum absolute atomic E-state index is 0.457. The van der Waals surface area contributed by atoms with E-state index in [1.54, 1.807) is 5.12 Å². The van der Waals surface area contributed by atoms with Crippen molar-refractivity contribution in [2.45, 2.75) is 20.0 Å². The van der Waals surface area contributed by atoms with Crippen LogP contribution in [0.25, 0.3) is 21.8 Å². The molecule has 0 aliphatic carbocycles. The molecule has 2 aromatic heterocycles. The van der Waals surface area contributed by atoms with Crippen molar-refractivity contribution < 1.29 is 4.74 Å². The van der Waals surface area contributed by atoms with Crippen LogP contribution in [0.15, 0.2) is 58.5 Å². The van der Waals surface area contributed by atoms with Crippen LogP contribution in [-0.2, 0) is 4.74 Å². The van der Waals surface area contributed by atoms with E-state index in [9.17, 15) is 0 Å². The molecule has 0 radical (unpaired) electrons. The molecular formula is C32H40N10O. The normalized spacial score (nSPS) is 17.5. The van der Waals surface area contributed by atoms with Crippen molar-refractivity contribution >= 4 is 45.0 Å². The van der Waals surface area contributed by atoms with Crippen molar-refractivity contribution in [3.8, 4) is 0 Å². The van der Waals surface area contributed by atoms with E-state index in [4.69, 9.17) is 30.5 Å². The minimum Gasteiger partial charge on any atom is -0.378 e. The number of anilines is 2. The first kappa shape index (κ1) is 28.8. The van der Waals surface area contributed by atoms with Crippen molar-refractivity contribution in [1.29, 1.82) is 0 Å². The number of aromatic nitrogens is 2. The van der Waals surface area contributed by atoms with E-state index in [-0.39, 0.29) is 0 Å². The second-order valence-electron chi connectivity index (χ2n) is 11.6. The fourth-order valence-electron chi connectivity index (χ4n) is 5.83. The van der Waals surface area contributed by atoms with Gasteiger partial charge in [0.25, 0.3) is 0 Å². The Morgan fingerprint density at radius 2 is 1.37 bits per heavy atom. The number of guanidine groups is 1. The third kappa shape index (κ3) is 5.47. The summed E-state index contributed by atoms with van der Waals surface area (Å²) in [5, 5.41) is 5.66. The summed E-state index contributed by atoms with van der Waals surface area (Å²) >= 11 is 0. The van der Waals surface area contributed by atoms with Crippen LogP contribution in [0, 0.1) is 13.8 Å². The number of hydrogen-bond acceptors (Lipinski definition) is 11. The van der Waals surface area contributed by atoms with E-state index in [1.165, 1.54) is 0 Å². The topological polar surface area (TPSA) is 102 Å². The van der Waals surface area contributed by atoms with Crippen LogP contribution < -0.4 is 15.6 Å². The third-order valence-electron chi connectivity index (χ3n) is 7.89. The summed E-state index contributed by atoms with van der Waals surface area (Å²) in [6.45, 7) is 6.71. The molecule has 6 rings (SSSR count). The lowest BCUT2D eigenvalue weighted by molar-refractivity contribution is 0.00195. The van der Waals surface area contributed by atoms with Crippen LogP contribution in [0.4, 0.5) is 11.4 Å². The fraction of sp³-hybridized carbons (Fsp3) is 0.375. The quantitative estimate of drug-likeness (QED) is 0.280. The summed E-state index contributed by atoms with van der Waals surface area (Å²) < 4.78 is 5.68. The molecule has 1 atom stereocenters. The van der Waals surface area contributed by atoms with Gasteiger partial charge >= 0.3 is 0 Å². The average Bonchev–Trinajstić information content (AvgIpc) is 2.99. The van der Waals surface area contributed by atoms with Crippen LogP contribution in [-0.4, -0.2) is 98.3 Å². The number of aliphatic imine (C=N–C) groups is 2. The molecule has 11 heteroatoms. The lowest BCUT2D eigenvalue weighted by atomic mass is 10.0. The Morgan fingerprint density at radius 3 is 1.95 bits per heavy atom. The first-order valence-electron chi connectivity index (χ1n) is 14.5. The van der Waals surface area contributed by atoms with E-state index in [1.807, 2.05) is 25.9 Å². The zero-order valence-electron chi connectivity index (χ0n) is 26.0. The van der Waals surface area contributed by atoms with Gasteiger partial charge < -0.3 is 19.4 Å². The lowest BCUT2D eigenvalue weighted by Crippen LogP contribution is -2.58. The highest BCUT2D eigenvalue weighted by molar-refractivity contribution is 6.10. The van der Waals surface area contributed by atoms with Gasteiger partial charge in [-0.1, -0.05) is 6.07 Å². The van der Waals surface area contributed by atoms with Crippen LogP contribution >= 0.6 is 0 Å². The van der Waals surface area contributed by atoms with Crippen molar-refractivity contribution in [3.05, 3.63) is 71.0 Å². The lowest BCUT2D eigenvalue weighted by Gasteiger charge is -2.43. The number of nitrogens with two attached hydrogens (primary N) is 1. The molecule has 0 saturated carbocycles. The molecule has 1 unspecified atom stereocenters. The van der Waals surface area contributed by atoms with Crippen molar-refractivity contribution in [2.75, 3.05) is 71.3 Å². The maximum Gasteiger partial charge on any atom is 0.221 e. The van der Waals surface area contributed by atoms with Crippen LogP contribution in [0.5, 0.6) is 0 Å². The average molecular weight is 581 g/mol. The van der Waals surface area contributed by atoms with Crippen molar-refractivity contribution in [3.63, 3.8) is 0 Å². The first-order chi connectivity index (χ1) is 20.6. The first-order valence-corrected chi connectivity index (χ1v) is 14.5. The standard InChI is InChI=1S/C32H40N10O/c1-20-16-28(38(3)4)24-18-22(8-10-26(24)34-20)30-36-31(42(40(7)33)32(37-30)41-12-14-43-15-13-41)23-9-11-27-25(19-23)29(39(5)6)17-21(2)35-27/h8-11,16-19,31H,12-15,33H2,1-7H3. The van der Waals surface area contributed by atoms with Gasteiger partial charge in [0, 0.05) is 87.4 Å². The Balaban J connectivity index is 1.55. The summed E-state index contributed by atoms with van der Waals surface area (Å²) in [5.41, 5.74) is 7.95. The molecule has 11 nitrogen and oxygen atoms in total. The summed E-state index contributed by atoms with van der Waals surface area (Å²) in [7, 11) is 10.0. The smallest absolute Gasteiger partial charge is 0.221 e. The molecular weight excluding hydrogens is 540 g/mol. The van der Waals surface area contributed by atoms with Gasteiger partial charge in [0.05, 0.1) is 24.2 Å². The molecule has 0 bridgehead atoms. The monoisotopic (exact) mass is 580 g/mol. The van der Waals surface area contributed by atoms with Crippen LogP contribution in [0.1, 0.15) is 28.7 Å². The zero-order valence-corrected chi connectivity index (χ0v) is 26.0. The number of benzene rings is 2. The number of fused-ring (bicyclic) bond motifs is 2. The van der Waals surface area contributed by atoms with Crippen LogP contribution in [0.2, 0.25) is 0 Å². The molecule has 0 amide bonds. The molecule has 0 spiro atoms. The van der Waals surface area contributed by atoms with Gasteiger partial charge in [0.1, 0.15) is 0 Å². The maximum atomic E-state index is 6.55. The number of hydrogen-bond donors (Lipinski definition) is 1. The number of nitrogens with zero attached hydrogens (tertiary/aromatic N) is 9. The van der Waals surface area contributed by atoms with Gasteiger partial charge in [-0.25, -0.2) is 10.0 Å². The molecule has 4 aromatic rings. The number of rotatable bonds is 5. The van der Waals surface area contributed by atoms with Gasteiger partial charge in [-0.2, -0.15) is 10.1 Å². The van der Waals surface area contributed by atoms with E-state index >= 15 is 0 Å². The predicted octanol–water partition coefficient (Wildman–Crippen LogP) is 3.70. The Kier molecular flexibility index (Phi) is 7.63. The number of morpholine rings is 1. The second-order valence-corrected chi connectivity index (χ2v) is 11.6. The van der Waals surface area contributed by atoms with Crippen molar-refractivity contribution in [1.82, 2.24) is 25.0 Å². The van der Waals surface area contributed by atoms with E-state index < -0.39 is 6.17 Å². The summed E-state index contributed by atoms with van der Waals surface area (Å²) in [6, 6.07) is 16.8. The zero-order chi connectivity index (χ0) is 30.4. The van der Waals surface area contributed by atoms with Gasteiger partial charge in [-0.05, 0) is 61.9 Å². The molecule has 2 N–H and O–H groups in total. The fourth-order valence-corrected chi connectivity index (χ4v) is 5.83. The molecule has 1 fully saturated rings. The van der Waals surface area contributed by atoms with E-state index in [0.29, 0.717) is 32.1 Å². The molecule has 1 saturated heterocycles. The number of hydrazine groups is 2. The second kappa shape index (κ2) is 11.4. The number of amidine groups is 1. The van der Waals surface area contributed by atoms with Gasteiger partial charge in [0.2, 0.25) is 5.96 Å². The molecule has 2 aliphatic heterocycles. The summed E-state index contributed by atoms with van der Waals surface area (Å²) in [4.78, 5) is 26.5. The minimum atomic E-state index is -0.457. The van der Waals surface area contributed by atoms with Gasteiger partial charge in [-0.3, -0.25) is 15.8 Å². The van der Waals surface area contributed by atoms with E-state index in [0.717, 1.165) is 61.7 Å². The third-order valence-corrected chi connectivity index (χ3v) is 7.89. The van der Waals surface area contributed by atoms with Crippen molar-refractivity contribution in [2.24, 2.45) is 15.8 Å². The Hall–Kier alpha value is -4.32. The maximum absolute atomic E-state index is 6.55. The molecule has 2 aliphatic rings. The number of ether oxygens (including phenoxy) is 1. The molecule has 2 aromatic carbocycles. The summed E-state index contributed by atoms with van der Waals surface area (Å²) in [5.74, 6) is 7.93. The SMILES string of the molecule is Cc1cc(N(C)C)c2cc(C3=NC(c4ccc5nc(C)cc(N(C)C)c5c4)N(N(C)N)C(N4CCOCC4)=N3)ccc2n1. The highest BCUT2D eigenvalue weighted by atomic mass is 16.5. The van der Waals surface area contributed by atoms with Gasteiger partial charge in [0.15, 0.2) is 12.0 Å². The molecule has 43 heavy (non-hydrogen) atoms. The Labute approximate surface area is 252 Å². The Bertz CT molecular complexity index is 1740. The molecule has 224 valence electrons. The summed E-state index contributed by atoms with van der Waals surface area (Å²) in [6.07, 6.45) is -0.457. The molecule has 4 heterocycles. The largest absolute Gasteiger partial charge is 0.378 e. The van der Waals surface area contributed by atoms with Gasteiger partial charge in [-0.15, -0.1) is 0 Å². The van der Waals surface area contributed by atoms with E-state index in [2.05, 4.69) is 91.4 Å². The highest BCUT2D eigenvalue weighted by Crippen LogP contribution is 2.35. The number of pyridine rings is 2.